The molecule has 5 heteroatoms. The van der Waals surface area contributed by atoms with Gasteiger partial charge in [0, 0.05) is 18.1 Å². The molecule has 0 spiro atoms. The van der Waals surface area contributed by atoms with Gasteiger partial charge in [-0.2, -0.15) is 5.10 Å². The van der Waals surface area contributed by atoms with E-state index in [1.54, 1.807) is 12.3 Å². The van der Waals surface area contributed by atoms with Gasteiger partial charge in [-0.15, -0.1) is 11.6 Å². The SMILES string of the molecule is CC(C)CC(CCl)NC(=O)c1ccn[nH]1. The molecule has 0 aliphatic heterocycles. The summed E-state index contributed by atoms with van der Waals surface area (Å²) >= 11 is 5.78. The molecule has 0 fully saturated rings. The first kappa shape index (κ1) is 12.0. The number of aromatic amines is 1. The van der Waals surface area contributed by atoms with Crippen LogP contribution in [0.15, 0.2) is 12.3 Å². The fraction of sp³-hybridized carbons (Fsp3) is 0.600. The Hall–Kier alpha value is -1.03. The van der Waals surface area contributed by atoms with Gasteiger partial charge in [0.15, 0.2) is 0 Å². The Bertz CT molecular complexity index is 298. The van der Waals surface area contributed by atoms with E-state index in [1.165, 1.54) is 0 Å². The lowest BCUT2D eigenvalue weighted by atomic mass is 10.1. The standard InChI is InChI=1S/C10H16ClN3O/c1-7(2)5-8(6-11)13-10(15)9-3-4-12-14-9/h3-4,7-8H,5-6H2,1-2H3,(H,12,14)(H,13,15). The molecular formula is C10H16ClN3O. The van der Waals surface area contributed by atoms with Gasteiger partial charge >= 0.3 is 0 Å². The molecule has 84 valence electrons. The highest BCUT2D eigenvalue weighted by atomic mass is 35.5. The normalized spacial score (nSPS) is 12.8. The van der Waals surface area contributed by atoms with E-state index in [2.05, 4.69) is 29.4 Å². The summed E-state index contributed by atoms with van der Waals surface area (Å²) in [5.74, 6) is 0.785. The van der Waals surface area contributed by atoms with Crippen LogP contribution in [-0.2, 0) is 0 Å². The molecular weight excluding hydrogens is 214 g/mol. The number of alkyl halides is 1. The number of nitrogens with one attached hydrogen (secondary N) is 2. The zero-order valence-corrected chi connectivity index (χ0v) is 9.71. The number of carbonyl (C=O) groups is 1. The molecule has 4 nitrogen and oxygen atoms in total. The van der Waals surface area contributed by atoms with Gasteiger partial charge in [0.1, 0.15) is 5.69 Å². The Morgan fingerprint density at radius 1 is 1.67 bits per heavy atom. The molecule has 0 aliphatic carbocycles. The van der Waals surface area contributed by atoms with E-state index < -0.39 is 0 Å². The van der Waals surface area contributed by atoms with Gasteiger partial charge in [0.05, 0.1) is 0 Å². The molecule has 1 atom stereocenters. The van der Waals surface area contributed by atoms with Crippen molar-refractivity contribution in [3.63, 3.8) is 0 Å². The van der Waals surface area contributed by atoms with Crippen molar-refractivity contribution >= 4 is 17.5 Å². The summed E-state index contributed by atoms with van der Waals surface area (Å²) in [6, 6.07) is 1.65. The fourth-order valence-electron chi connectivity index (χ4n) is 1.38. The van der Waals surface area contributed by atoms with Crippen molar-refractivity contribution in [1.82, 2.24) is 15.5 Å². The average molecular weight is 230 g/mol. The van der Waals surface area contributed by atoms with Crippen LogP contribution >= 0.6 is 11.6 Å². The summed E-state index contributed by atoms with van der Waals surface area (Å²) in [6.45, 7) is 4.20. The quantitative estimate of drug-likeness (QED) is 0.757. The van der Waals surface area contributed by atoms with Crippen LogP contribution in [0.5, 0.6) is 0 Å². The maximum absolute atomic E-state index is 11.6. The molecule has 1 aromatic heterocycles. The van der Waals surface area contributed by atoms with Crippen molar-refractivity contribution in [2.75, 3.05) is 5.88 Å². The lowest BCUT2D eigenvalue weighted by Gasteiger charge is -2.17. The van der Waals surface area contributed by atoms with Crippen LogP contribution in [0.2, 0.25) is 0 Å². The molecule has 1 heterocycles. The van der Waals surface area contributed by atoms with Gasteiger partial charge in [0.25, 0.3) is 5.91 Å². The number of H-pyrrole nitrogens is 1. The van der Waals surface area contributed by atoms with Crippen LogP contribution in [0, 0.1) is 5.92 Å². The Morgan fingerprint density at radius 3 is 2.87 bits per heavy atom. The number of hydrogen-bond acceptors (Lipinski definition) is 2. The van der Waals surface area contributed by atoms with Gasteiger partial charge in [-0.05, 0) is 18.4 Å². The minimum atomic E-state index is -0.154. The van der Waals surface area contributed by atoms with Gasteiger partial charge in [-0.3, -0.25) is 9.89 Å². The smallest absolute Gasteiger partial charge is 0.269 e. The maximum Gasteiger partial charge on any atom is 0.269 e. The third-order valence-electron chi connectivity index (χ3n) is 2.02. The molecule has 1 unspecified atom stereocenters. The number of carbonyl (C=O) groups excluding carboxylic acids is 1. The van der Waals surface area contributed by atoms with Crippen molar-refractivity contribution in [2.45, 2.75) is 26.3 Å². The highest BCUT2D eigenvalue weighted by Gasteiger charge is 2.14. The molecule has 1 aromatic rings. The van der Waals surface area contributed by atoms with Crippen LogP contribution in [0.1, 0.15) is 30.8 Å². The maximum atomic E-state index is 11.6. The molecule has 1 amide bonds. The Kier molecular flexibility index (Phi) is 4.62. The summed E-state index contributed by atoms with van der Waals surface area (Å²) in [6.07, 6.45) is 2.43. The van der Waals surface area contributed by atoms with Crippen molar-refractivity contribution in [2.24, 2.45) is 5.92 Å². The molecule has 0 radical (unpaired) electrons. The van der Waals surface area contributed by atoms with Gasteiger partial charge in [-0.1, -0.05) is 13.8 Å². The van der Waals surface area contributed by atoms with Crippen LogP contribution in [0.4, 0.5) is 0 Å². The average Bonchev–Trinajstić information content (AvgIpc) is 2.68. The molecule has 15 heavy (non-hydrogen) atoms. The predicted octanol–water partition coefficient (Wildman–Crippen LogP) is 1.79. The van der Waals surface area contributed by atoms with Crippen LogP contribution in [0.25, 0.3) is 0 Å². The largest absolute Gasteiger partial charge is 0.347 e. The van der Waals surface area contributed by atoms with Crippen molar-refractivity contribution in [3.8, 4) is 0 Å². The first-order chi connectivity index (χ1) is 7.13. The lowest BCUT2D eigenvalue weighted by molar-refractivity contribution is 0.0931. The van der Waals surface area contributed by atoms with Crippen LogP contribution < -0.4 is 5.32 Å². The highest BCUT2D eigenvalue weighted by Crippen LogP contribution is 2.06. The zero-order valence-electron chi connectivity index (χ0n) is 8.96. The molecule has 0 bridgehead atoms. The minimum absolute atomic E-state index is 0.0162. The van der Waals surface area contributed by atoms with Gasteiger partial charge in [0.2, 0.25) is 0 Å². The monoisotopic (exact) mass is 229 g/mol. The molecule has 0 saturated carbocycles. The highest BCUT2D eigenvalue weighted by molar-refractivity contribution is 6.18. The second-order valence-corrected chi connectivity index (χ2v) is 4.23. The molecule has 0 aliphatic rings. The zero-order chi connectivity index (χ0) is 11.3. The number of aromatic nitrogens is 2. The molecule has 1 rings (SSSR count). The summed E-state index contributed by atoms with van der Waals surface area (Å²) in [4.78, 5) is 11.6. The lowest BCUT2D eigenvalue weighted by Crippen LogP contribution is -2.37. The van der Waals surface area contributed by atoms with E-state index in [4.69, 9.17) is 11.6 Å². The van der Waals surface area contributed by atoms with Gasteiger partial charge in [-0.25, -0.2) is 0 Å². The number of amides is 1. The van der Waals surface area contributed by atoms with Crippen LogP contribution in [-0.4, -0.2) is 28.0 Å². The van der Waals surface area contributed by atoms with E-state index in [0.717, 1.165) is 6.42 Å². The first-order valence-electron chi connectivity index (χ1n) is 4.99. The number of nitrogens with zero attached hydrogens (tertiary/aromatic N) is 1. The van der Waals surface area contributed by atoms with Crippen LogP contribution in [0.3, 0.4) is 0 Å². The Balaban J connectivity index is 2.48. The minimum Gasteiger partial charge on any atom is -0.347 e. The summed E-state index contributed by atoms with van der Waals surface area (Å²) < 4.78 is 0. The second kappa shape index (κ2) is 5.75. The Labute approximate surface area is 94.4 Å². The third kappa shape index (κ3) is 3.91. The predicted molar refractivity (Wildman–Crippen MR) is 60.0 cm³/mol. The molecule has 0 saturated heterocycles. The fourth-order valence-corrected chi connectivity index (χ4v) is 1.58. The Morgan fingerprint density at radius 2 is 2.40 bits per heavy atom. The number of hydrogen-bond donors (Lipinski definition) is 2. The van der Waals surface area contributed by atoms with E-state index >= 15 is 0 Å². The molecule has 2 N–H and O–H groups in total. The summed E-state index contributed by atoms with van der Waals surface area (Å²) in [5, 5.41) is 9.19. The van der Waals surface area contributed by atoms with E-state index in [0.29, 0.717) is 17.5 Å². The summed E-state index contributed by atoms with van der Waals surface area (Å²) in [5.41, 5.74) is 0.467. The van der Waals surface area contributed by atoms with E-state index in [-0.39, 0.29) is 11.9 Å². The molecule has 0 aromatic carbocycles. The summed E-state index contributed by atoms with van der Waals surface area (Å²) in [7, 11) is 0. The van der Waals surface area contributed by atoms with Crippen molar-refractivity contribution in [3.05, 3.63) is 18.0 Å². The third-order valence-corrected chi connectivity index (χ3v) is 2.40. The van der Waals surface area contributed by atoms with E-state index in [9.17, 15) is 4.79 Å². The van der Waals surface area contributed by atoms with Crippen molar-refractivity contribution < 1.29 is 4.79 Å². The number of halogens is 1. The van der Waals surface area contributed by atoms with Crippen molar-refractivity contribution in [1.29, 1.82) is 0 Å². The first-order valence-corrected chi connectivity index (χ1v) is 5.53. The number of rotatable bonds is 5. The van der Waals surface area contributed by atoms with E-state index in [1.807, 2.05) is 0 Å². The second-order valence-electron chi connectivity index (χ2n) is 3.92. The van der Waals surface area contributed by atoms with Gasteiger partial charge < -0.3 is 5.32 Å². The topological polar surface area (TPSA) is 57.8 Å².